The van der Waals surface area contributed by atoms with Crippen LogP contribution < -0.4 is 5.32 Å². The fourth-order valence-electron chi connectivity index (χ4n) is 2.16. The minimum absolute atomic E-state index is 0.180. The van der Waals surface area contributed by atoms with Crippen LogP contribution >= 0.6 is 23.2 Å². The molecule has 6 nitrogen and oxygen atoms in total. The van der Waals surface area contributed by atoms with Gasteiger partial charge in [0.1, 0.15) is 0 Å². The van der Waals surface area contributed by atoms with Crippen LogP contribution in [0.1, 0.15) is 18.2 Å². The molecule has 0 radical (unpaired) electrons. The van der Waals surface area contributed by atoms with Gasteiger partial charge in [0.25, 0.3) is 10.1 Å². The number of benzene rings is 1. The Morgan fingerprint density at radius 2 is 1.96 bits per heavy atom. The maximum atomic E-state index is 11.2. The highest BCUT2D eigenvalue weighted by atomic mass is 35.5. The SMILES string of the molecule is CC(=O)Nc1ccn(-c2ccc(Cl)c(COS(C)(=O)=O)c2Cl)c1C. The van der Waals surface area contributed by atoms with E-state index in [-0.39, 0.29) is 17.5 Å². The van der Waals surface area contributed by atoms with Gasteiger partial charge in [0, 0.05) is 29.4 Å². The van der Waals surface area contributed by atoms with Crippen LogP contribution in [0.2, 0.25) is 10.0 Å². The van der Waals surface area contributed by atoms with Crippen LogP contribution in [0.3, 0.4) is 0 Å². The van der Waals surface area contributed by atoms with E-state index in [1.165, 1.54) is 6.92 Å². The van der Waals surface area contributed by atoms with Gasteiger partial charge in [-0.1, -0.05) is 23.2 Å². The minimum atomic E-state index is -3.62. The van der Waals surface area contributed by atoms with Gasteiger partial charge in [-0.15, -0.1) is 0 Å². The highest BCUT2D eigenvalue weighted by Crippen LogP contribution is 2.33. The molecule has 2 rings (SSSR count). The van der Waals surface area contributed by atoms with Crippen LogP contribution in [-0.4, -0.2) is 25.1 Å². The monoisotopic (exact) mass is 390 g/mol. The lowest BCUT2D eigenvalue weighted by molar-refractivity contribution is -0.114. The Kier molecular flexibility index (Phi) is 5.59. The van der Waals surface area contributed by atoms with E-state index < -0.39 is 10.1 Å². The summed E-state index contributed by atoms with van der Waals surface area (Å²) >= 11 is 12.5. The van der Waals surface area contributed by atoms with Crippen molar-refractivity contribution in [3.63, 3.8) is 0 Å². The number of carbonyl (C=O) groups is 1. The lowest BCUT2D eigenvalue weighted by Crippen LogP contribution is -2.08. The second-order valence-corrected chi connectivity index (χ2v) is 7.62. The molecule has 130 valence electrons. The fourth-order valence-corrected chi connectivity index (χ4v) is 3.07. The summed E-state index contributed by atoms with van der Waals surface area (Å²) < 4.78 is 28.9. The molecule has 24 heavy (non-hydrogen) atoms. The standard InChI is InChI=1S/C15H16Cl2N2O4S/c1-9-13(18-10(2)20)6-7-19(9)14-5-4-12(16)11(15(14)17)8-23-24(3,21)22/h4-7H,8H2,1-3H3,(H,18,20). The zero-order valence-corrected chi connectivity index (χ0v) is 15.6. The average Bonchev–Trinajstić information content (AvgIpc) is 2.78. The van der Waals surface area contributed by atoms with E-state index in [9.17, 15) is 13.2 Å². The van der Waals surface area contributed by atoms with Crippen molar-refractivity contribution >= 4 is 44.9 Å². The quantitative estimate of drug-likeness (QED) is 0.792. The van der Waals surface area contributed by atoms with Gasteiger partial charge in [0.05, 0.1) is 29.3 Å². The van der Waals surface area contributed by atoms with Crippen LogP contribution in [0.5, 0.6) is 0 Å². The number of carbonyl (C=O) groups excluding carboxylic acids is 1. The molecular formula is C15H16Cl2N2O4S. The van der Waals surface area contributed by atoms with Crippen LogP contribution in [0.4, 0.5) is 5.69 Å². The number of rotatable bonds is 5. The largest absolute Gasteiger partial charge is 0.325 e. The maximum Gasteiger partial charge on any atom is 0.264 e. The van der Waals surface area contributed by atoms with Crippen molar-refractivity contribution in [3.8, 4) is 5.69 Å². The Morgan fingerprint density at radius 3 is 2.54 bits per heavy atom. The molecule has 0 unspecified atom stereocenters. The lowest BCUT2D eigenvalue weighted by atomic mass is 10.2. The third-order valence-electron chi connectivity index (χ3n) is 3.29. The number of halogens is 2. The first-order valence-corrected chi connectivity index (χ1v) is 9.44. The Labute approximate surface area is 150 Å². The Morgan fingerprint density at radius 1 is 1.29 bits per heavy atom. The fraction of sp³-hybridized carbons (Fsp3) is 0.267. The molecule has 2 aromatic rings. The van der Waals surface area contributed by atoms with Gasteiger partial charge >= 0.3 is 0 Å². The van der Waals surface area contributed by atoms with E-state index in [0.717, 1.165) is 11.9 Å². The number of nitrogens with zero attached hydrogens (tertiary/aromatic N) is 1. The summed E-state index contributed by atoms with van der Waals surface area (Å²) in [7, 11) is -3.62. The third kappa shape index (κ3) is 4.30. The topological polar surface area (TPSA) is 77.4 Å². The highest BCUT2D eigenvalue weighted by molar-refractivity contribution is 7.85. The molecule has 0 aliphatic rings. The molecule has 1 heterocycles. The van der Waals surface area contributed by atoms with Gasteiger partial charge < -0.3 is 9.88 Å². The summed E-state index contributed by atoms with van der Waals surface area (Å²) in [4.78, 5) is 11.2. The summed E-state index contributed by atoms with van der Waals surface area (Å²) in [6.07, 6.45) is 2.70. The third-order valence-corrected chi connectivity index (χ3v) is 4.62. The number of nitrogens with one attached hydrogen (secondary N) is 1. The average molecular weight is 391 g/mol. The maximum absolute atomic E-state index is 11.2. The second kappa shape index (κ2) is 7.14. The van der Waals surface area contributed by atoms with Crippen LogP contribution in [-0.2, 0) is 25.7 Å². The van der Waals surface area contributed by atoms with E-state index >= 15 is 0 Å². The van der Waals surface area contributed by atoms with Crippen molar-refractivity contribution in [2.75, 3.05) is 11.6 Å². The summed E-state index contributed by atoms with van der Waals surface area (Å²) in [5.41, 5.74) is 2.39. The molecule has 0 saturated carbocycles. The molecule has 0 bridgehead atoms. The van der Waals surface area contributed by atoms with E-state index in [4.69, 9.17) is 27.4 Å². The molecule has 0 saturated heterocycles. The van der Waals surface area contributed by atoms with E-state index in [2.05, 4.69) is 5.32 Å². The first-order chi connectivity index (χ1) is 11.1. The van der Waals surface area contributed by atoms with Crippen molar-refractivity contribution in [1.29, 1.82) is 0 Å². The predicted octanol–water partition coefficient (Wildman–Crippen LogP) is 3.53. The molecule has 1 N–H and O–H groups in total. The van der Waals surface area contributed by atoms with Crippen LogP contribution in [0.15, 0.2) is 24.4 Å². The van der Waals surface area contributed by atoms with Crippen molar-refractivity contribution < 1.29 is 17.4 Å². The zero-order chi connectivity index (χ0) is 18.1. The molecule has 0 aliphatic carbocycles. The molecule has 1 amide bonds. The molecule has 1 aromatic heterocycles. The normalized spacial score (nSPS) is 11.5. The smallest absolute Gasteiger partial charge is 0.264 e. The van der Waals surface area contributed by atoms with Crippen molar-refractivity contribution in [2.24, 2.45) is 0 Å². The van der Waals surface area contributed by atoms with Crippen LogP contribution in [0.25, 0.3) is 5.69 Å². The molecule has 9 heteroatoms. The number of anilines is 1. The zero-order valence-electron chi connectivity index (χ0n) is 13.3. The molecule has 0 spiro atoms. The Balaban J connectivity index is 2.45. The number of hydrogen-bond donors (Lipinski definition) is 1. The first-order valence-electron chi connectivity index (χ1n) is 6.87. The Hall–Kier alpha value is -1.54. The minimum Gasteiger partial charge on any atom is -0.325 e. The van der Waals surface area contributed by atoms with E-state index in [0.29, 0.717) is 22.0 Å². The van der Waals surface area contributed by atoms with Crippen molar-refractivity contribution in [2.45, 2.75) is 20.5 Å². The predicted molar refractivity (Wildman–Crippen MR) is 94.5 cm³/mol. The van der Waals surface area contributed by atoms with Crippen LogP contribution in [0, 0.1) is 6.92 Å². The van der Waals surface area contributed by atoms with Gasteiger partial charge in [0.2, 0.25) is 5.91 Å². The van der Waals surface area contributed by atoms with E-state index in [1.807, 2.05) is 6.92 Å². The number of amides is 1. The summed E-state index contributed by atoms with van der Waals surface area (Å²) in [6.45, 7) is 2.98. The molecule has 0 aliphatic heterocycles. The first kappa shape index (κ1) is 18.8. The molecule has 1 aromatic carbocycles. The van der Waals surface area contributed by atoms with Gasteiger partial charge in [-0.2, -0.15) is 8.42 Å². The van der Waals surface area contributed by atoms with Crippen molar-refractivity contribution in [3.05, 3.63) is 45.7 Å². The highest BCUT2D eigenvalue weighted by Gasteiger charge is 2.16. The van der Waals surface area contributed by atoms with Gasteiger partial charge in [-0.25, -0.2) is 0 Å². The molecule has 0 atom stereocenters. The van der Waals surface area contributed by atoms with Gasteiger partial charge in [0.15, 0.2) is 0 Å². The summed E-state index contributed by atoms with van der Waals surface area (Å²) in [5, 5.41) is 3.30. The lowest BCUT2D eigenvalue weighted by Gasteiger charge is -2.14. The van der Waals surface area contributed by atoms with Crippen molar-refractivity contribution in [1.82, 2.24) is 4.57 Å². The second-order valence-electron chi connectivity index (χ2n) is 5.19. The van der Waals surface area contributed by atoms with Gasteiger partial charge in [-0.05, 0) is 25.1 Å². The van der Waals surface area contributed by atoms with Gasteiger partial charge in [-0.3, -0.25) is 8.98 Å². The molecular weight excluding hydrogens is 375 g/mol. The van der Waals surface area contributed by atoms with E-state index in [1.54, 1.807) is 29.0 Å². The molecule has 0 fully saturated rings. The Bertz CT molecular complexity index is 891. The summed E-state index contributed by atoms with van der Waals surface area (Å²) in [5.74, 6) is -0.180. The summed E-state index contributed by atoms with van der Waals surface area (Å²) in [6, 6.07) is 5.06. The number of hydrogen-bond acceptors (Lipinski definition) is 4. The number of aromatic nitrogens is 1.